The van der Waals surface area contributed by atoms with Crippen molar-refractivity contribution in [3.63, 3.8) is 0 Å². The third-order valence-electron chi connectivity index (χ3n) is 14.9. The number of ether oxygens (including phenoxy) is 3. The zero-order chi connectivity index (χ0) is 56.1. The number of carbonyl (C=O) groups is 2. The van der Waals surface area contributed by atoms with Crippen LogP contribution in [0.15, 0.2) is 60.8 Å². The van der Waals surface area contributed by atoms with Crippen molar-refractivity contribution in [1.29, 1.82) is 0 Å². The van der Waals surface area contributed by atoms with Crippen LogP contribution in [0.1, 0.15) is 284 Å². The van der Waals surface area contributed by atoms with Gasteiger partial charge in [0.05, 0.1) is 25.4 Å². The van der Waals surface area contributed by atoms with E-state index in [1.165, 1.54) is 154 Å². The standard InChI is InChI=1S/C66H119NO10/c1-4-7-10-13-16-19-22-25-27-28-29-30-31-32-33-36-39-42-45-48-51-54-61(71)77-64-63(73)62(72)60(55-68)76-66(64)75-56-57(58(69)52-49-46-43-40-37-34-24-21-18-15-12-9-6-3)67-65(74)59(70)53-50-47-44-41-38-35-26-23-20-17-14-11-8-5-2/h16-17,19-20,23,25-27,49,52,57-60,62-64,66,68-70,72-73H,4-15,18,21-22,24,28-48,50-51,53-56H2,1-3H3,(H,67,74)/b19-16-,20-17+,26-23+,27-25-,52-49+. The zero-order valence-corrected chi connectivity index (χ0v) is 49.6. The number of nitrogens with one attached hydrogen (secondary N) is 1. The summed E-state index contributed by atoms with van der Waals surface area (Å²) in [7, 11) is 0. The molecule has 1 saturated heterocycles. The van der Waals surface area contributed by atoms with Gasteiger partial charge >= 0.3 is 5.97 Å². The van der Waals surface area contributed by atoms with E-state index in [2.05, 4.69) is 74.7 Å². The normalized spacial score (nSPS) is 19.4. The maximum Gasteiger partial charge on any atom is 0.306 e. The molecule has 1 aliphatic rings. The quantitative estimate of drug-likeness (QED) is 0.0149. The summed E-state index contributed by atoms with van der Waals surface area (Å²) in [6.07, 6.45) is 56.8. The largest absolute Gasteiger partial charge is 0.454 e. The molecule has 1 heterocycles. The van der Waals surface area contributed by atoms with Crippen molar-refractivity contribution in [3.8, 4) is 0 Å². The molecule has 0 saturated carbocycles. The fourth-order valence-electron chi connectivity index (χ4n) is 9.79. The van der Waals surface area contributed by atoms with Gasteiger partial charge in [-0.1, -0.05) is 255 Å². The van der Waals surface area contributed by atoms with E-state index in [-0.39, 0.29) is 19.4 Å². The second-order valence-electron chi connectivity index (χ2n) is 22.2. The Bertz CT molecular complexity index is 1480. The van der Waals surface area contributed by atoms with Crippen LogP contribution in [0, 0.1) is 0 Å². The lowest BCUT2D eigenvalue weighted by Crippen LogP contribution is -2.61. The molecule has 1 aliphatic heterocycles. The molecular formula is C66H119NO10. The number of hydrogen-bond donors (Lipinski definition) is 6. The van der Waals surface area contributed by atoms with E-state index in [1.807, 2.05) is 6.08 Å². The molecule has 77 heavy (non-hydrogen) atoms. The lowest BCUT2D eigenvalue weighted by Gasteiger charge is -2.41. The minimum absolute atomic E-state index is 0.119. The topological polar surface area (TPSA) is 175 Å². The van der Waals surface area contributed by atoms with Crippen LogP contribution in [0.25, 0.3) is 0 Å². The van der Waals surface area contributed by atoms with E-state index in [9.17, 15) is 35.1 Å². The Labute approximate surface area is 471 Å². The van der Waals surface area contributed by atoms with Crippen LogP contribution in [0.3, 0.4) is 0 Å². The average molecular weight is 1090 g/mol. The van der Waals surface area contributed by atoms with Gasteiger partial charge in [0.1, 0.15) is 24.4 Å². The van der Waals surface area contributed by atoms with Crippen molar-refractivity contribution in [2.45, 2.75) is 333 Å². The zero-order valence-electron chi connectivity index (χ0n) is 49.6. The summed E-state index contributed by atoms with van der Waals surface area (Å²) in [5, 5.41) is 57.0. The highest BCUT2D eigenvalue weighted by Gasteiger charge is 2.47. The van der Waals surface area contributed by atoms with Crippen molar-refractivity contribution in [1.82, 2.24) is 5.32 Å². The van der Waals surface area contributed by atoms with Crippen molar-refractivity contribution < 1.29 is 49.3 Å². The number of esters is 1. The summed E-state index contributed by atoms with van der Waals surface area (Å²) in [4.78, 5) is 26.6. The molecular weight excluding hydrogens is 967 g/mol. The molecule has 11 nitrogen and oxygen atoms in total. The summed E-state index contributed by atoms with van der Waals surface area (Å²) in [5.41, 5.74) is 0. The molecule has 0 aliphatic carbocycles. The first-order valence-corrected chi connectivity index (χ1v) is 32.1. The number of rotatable bonds is 54. The van der Waals surface area contributed by atoms with Gasteiger partial charge in [0.25, 0.3) is 0 Å². The van der Waals surface area contributed by atoms with Gasteiger partial charge in [0.15, 0.2) is 12.4 Å². The number of carbonyl (C=O) groups excluding carboxylic acids is 2. The second-order valence-corrected chi connectivity index (χ2v) is 22.2. The van der Waals surface area contributed by atoms with Crippen LogP contribution < -0.4 is 5.32 Å². The van der Waals surface area contributed by atoms with Crippen molar-refractivity contribution in [3.05, 3.63) is 60.8 Å². The number of allylic oxidation sites excluding steroid dienone is 9. The molecule has 0 bridgehead atoms. The van der Waals surface area contributed by atoms with E-state index in [0.29, 0.717) is 12.8 Å². The molecule has 1 amide bonds. The maximum absolute atomic E-state index is 13.4. The molecule has 8 unspecified atom stereocenters. The molecule has 0 radical (unpaired) electrons. The van der Waals surface area contributed by atoms with Crippen LogP contribution in [0.2, 0.25) is 0 Å². The molecule has 1 rings (SSSR count). The second kappa shape index (κ2) is 54.0. The monoisotopic (exact) mass is 1090 g/mol. The number of aliphatic hydroxyl groups excluding tert-OH is 5. The van der Waals surface area contributed by atoms with Crippen LogP contribution in [0.4, 0.5) is 0 Å². The van der Waals surface area contributed by atoms with Gasteiger partial charge in [-0.3, -0.25) is 9.59 Å². The van der Waals surface area contributed by atoms with Gasteiger partial charge in [0, 0.05) is 6.42 Å². The molecule has 1 fully saturated rings. The Morgan fingerprint density at radius 3 is 1.43 bits per heavy atom. The Balaban J connectivity index is 2.66. The molecule has 0 aromatic heterocycles. The highest BCUT2D eigenvalue weighted by molar-refractivity contribution is 5.80. The Hall–Kier alpha value is -2.64. The minimum atomic E-state index is -1.62. The number of hydrogen-bond acceptors (Lipinski definition) is 10. The molecule has 8 atom stereocenters. The number of aliphatic hydroxyl groups is 5. The van der Waals surface area contributed by atoms with Gasteiger partial charge < -0.3 is 45.1 Å². The van der Waals surface area contributed by atoms with Crippen molar-refractivity contribution in [2.75, 3.05) is 13.2 Å². The van der Waals surface area contributed by atoms with E-state index < -0.39 is 67.4 Å². The summed E-state index contributed by atoms with van der Waals surface area (Å²) in [6.45, 7) is 5.74. The highest BCUT2D eigenvalue weighted by Crippen LogP contribution is 2.26. The fourth-order valence-corrected chi connectivity index (χ4v) is 9.79. The number of amides is 1. The molecule has 0 spiro atoms. The maximum atomic E-state index is 13.4. The van der Waals surface area contributed by atoms with E-state index >= 15 is 0 Å². The molecule has 0 aromatic rings. The predicted molar refractivity (Wildman–Crippen MR) is 320 cm³/mol. The van der Waals surface area contributed by atoms with E-state index in [0.717, 1.165) is 83.5 Å². The molecule has 448 valence electrons. The lowest BCUT2D eigenvalue weighted by atomic mass is 9.99. The average Bonchev–Trinajstić information content (AvgIpc) is 3.43. The highest BCUT2D eigenvalue weighted by atomic mass is 16.7. The van der Waals surface area contributed by atoms with Gasteiger partial charge in [-0.15, -0.1) is 0 Å². The van der Waals surface area contributed by atoms with Crippen LogP contribution in [-0.2, 0) is 23.8 Å². The Morgan fingerprint density at radius 2 is 0.935 bits per heavy atom. The first-order valence-electron chi connectivity index (χ1n) is 32.1. The predicted octanol–water partition coefficient (Wildman–Crippen LogP) is 15.4. The van der Waals surface area contributed by atoms with Gasteiger partial charge in [-0.05, 0) is 83.5 Å². The van der Waals surface area contributed by atoms with Gasteiger partial charge in [0.2, 0.25) is 5.91 Å². The number of unbranched alkanes of at least 4 members (excludes halogenated alkanes) is 33. The van der Waals surface area contributed by atoms with Gasteiger partial charge in [-0.2, -0.15) is 0 Å². The first kappa shape index (κ1) is 72.4. The SMILES string of the molecule is CCCCC/C=C\C/C=C\CCCCCCCCCCCCCC(=O)OC1C(OCC(NC(=O)C(O)CCCCCCC/C=C/C=C/CCCCC)C(O)/C=C/CCCCCCCCCCCCC)OC(CO)C(O)C1O. The van der Waals surface area contributed by atoms with Crippen LogP contribution in [0.5, 0.6) is 0 Å². The smallest absolute Gasteiger partial charge is 0.306 e. The van der Waals surface area contributed by atoms with E-state index in [4.69, 9.17) is 14.2 Å². The van der Waals surface area contributed by atoms with Crippen LogP contribution >= 0.6 is 0 Å². The molecule has 6 N–H and O–H groups in total. The fraction of sp³-hybridized carbons (Fsp3) is 0.818. The van der Waals surface area contributed by atoms with Crippen molar-refractivity contribution in [2.24, 2.45) is 0 Å². The van der Waals surface area contributed by atoms with E-state index in [1.54, 1.807) is 6.08 Å². The molecule has 0 aromatic carbocycles. The van der Waals surface area contributed by atoms with Gasteiger partial charge in [-0.25, -0.2) is 0 Å². The summed E-state index contributed by atoms with van der Waals surface area (Å²) in [5.74, 6) is -1.20. The van der Waals surface area contributed by atoms with Crippen molar-refractivity contribution >= 4 is 11.9 Å². The Kier molecular flexibility index (Phi) is 50.7. The van der Waals surface area contributed by atoms with Crippen LogP contribution in [-0.4, -0.2) is 99.6 Å². The third kappa shape index (κ3) is 42.0. The lowest BCUT2D eigenvalue weighted by molar-refractivity contribution is -0.305. The third-order valence-corrected chi connectivity index (χ3v) is 14.9. The first-order chi connectivity index (χ1) is 37.7. The Morgan fingerprint density at radius 1 is 0.519 bits per heavy atom. The summed E-state index contributed by atoms with van der Waals surface area (Å²) >= 11 is 0. The summed E-state index contributed by atoms with van der Waals surface area (Å²) in [6, 6.07) is -1.03. The minimum Gasteiger partial charge on any atom is -0.454 e. The molecule has 11 heteroatoms. The summed E-state index contributed by atoms with van der Waals surface area (Å²) < 4.78 is 17.6.